The Morgan fingerprint density at radius 3 is 2.60 bits per heavy atom. The molecule has 112 valence electrons. The molecule has 2 N–H and O–H groups in total. The molecule has 20 heavy (non-hydrogen) atoms. The van der Waals surface area contributed by atoms with Gasteiger partial charge in [-0.1, -0.05) is 19.9 Å². The van der Waals surface area contributed by atoms with Crippen molar-refractivity contribution in [3.63, 3.8) is 0 Å². The SMILES string of the molecule is CC(C)CC(CO)NS(=O)(=O)c1ccc2c(c1)CCC2. The van der Waals surface area contributed by atoms with E-state index in [2.05, 4.69) is 4.72 Å². The Morgan fingerprint density at radius 2 is 1.95 bits per heavy atom. The van der Waals surface area contributed by atoms with Crippen LogP contribution in [0.3, 0.4) is 0 Å². The highest BCUT2D eigenvalue weighted by atomic mass is 32.2. The number of sulfonamides is 1. The molecule has 1 aliphatic carbocycles. The minimum atomic E-state index is -3.55. The molecule has 0 aromatic heterocycles. The first kappa shape index (κ1) is 15.5. The first-order chi connectivity index (χ1) is 9.42. The van der Waals surface area contributed by atoms with Gasteiger partial charge in [-0.2, -0.15) is 0 Å². The van der Waals surface area contributed by atoms with Crippen LogP contribution in [-0.2, 0) is 22.9 Å². The van der Waals surface area contributed by atoms with Gasteiger partial charge >= 0.3 is 0 Å². The van der Waals surface area contributed by atoms with Gasteiger partial charge in [0.2, 0.25) is 10.0 Å². The number of aliphatic hydroxyl groups is 1. The fourth-order valence-electron chi connectivity index (χ4n) is 2.73. The first-order valence-electron chi connectivity index (χ1n) is 7.17. The number of hydrogen-bond acceptors (Lipinski definition) is 3. The molecular weight excluding hydrogens is 274 g/mol. The van der Waals surface area contributed by atoms with Crippen LogP contribution in [0.2, 0.25) is 0 Å². The van der Waals surface area contributed by atoms with Crippen molar-refractivity contribution in [1.82, 2.24) is 4.72 Å². The van der Waals surface area contributed by atoms with Crippen LogP contribution >= 0.6 is 0 Å². The van der Waals surface area contributed by atoms with Gasteiger partial charge in [-0.15, -0.1) is 0 Å². The first-order valence-corrected chi connectivity index (χ1v) is 8.65. The normalized spacial score (nSPS) is 16.4. The Bertz CT molecular complexity index is 566. The third kappa shape index (κ3) is 3.59. The van der Waals surface area contributed by atoms with Crippen molar-refractivity contribution in [3.05, 3.63) is 29.3 Å². The predicted octanol–water partition coefficient (Wildman–Crippen LogP) is 1.86. The second-order valence-corrected chi connectivity index (χ2v) is 7.63. The predicted molar refractivity (Wildman–Crippen MR) is 79.1 cm³/mol. The van der Waals surface area contributed by atoms with Crippen molar-refractivity contribution >= 4 is 10.0 Å². The Morgan fingerprint density at radius 1 is 1.25 bits per heavy atom. The van der Waals surface area contributed by atoms with Gasteiger partial charge in [0.15, 0.2) is 0 Å². The van der Waals surface area contributed by atoms with Gasteiger partial charge in [0.25, 0.3) is 0 Å². The molecule has 1 unspecified atom stereocenters. The molecule has 0 saturated heterocycles. The van der Waals surface area contributed by atoms with Gasteiger partial charge in [0.1, 0.15) is 0 Å². The zero-order valence-electron chi connectivity index (χ0n) is 12.1. The van der Waals surface area contributed by atoms with Gasteiger partial charge in [0.05, 0.1) is 11.5 Å². The number of aryl methyl sites for hydroxylation is 2. The zero-order valence-corrected chi connectivity index (χ0v) is 12.9. The van der Waals surface area contributed by atoms with Crippen molar-refractivity contribution in [3.8, 4) is 0 Å². The van der Waals surface area contributed by atoms with Crippen LogP contribution in [0.25, 0.3) is 0 Å². The third-order valence-electron chi connectivity index (χ3n) is 3.68. The molecular formula is C15H23NO3S. The molecule has 2 rings (SSSR count). The highest BCUT2D eigenvalue weighted by Crippen LogP contribution is 2.24. The number of aliphatic hydroxyl groups excluding tert-OH is 1. The van der Waals surface area contributed by atoms with Gasteiger partial charge < -0.3 is 5.11 Å². The van der Waals surface area contributed by atoms with Crippen LogP contribution in [0.5, 0.6) is 0 Å². The molecule has 0 bridgehead atoms. The molecule has 0 spiro atoms. The van der Waals surface area contributed by atoms with E-state index in [0.29, 0.717) is 17.2 Å². The monoisotopic (exact) mass is 297 g/mol. The summed E-state index contributed by atoms with van der Waals surface area (Å²) in [6, 6.07) is 4.92. The van der Waals surface area contributed by atoms with Gasteiger partial charge in [-0.25, -0.2) is 13.1 Å². The smallest absolute Gasteiger partial charge is 0.240 e. The van der Waals surface area contributed by atoms with Crippen molar-refractivity contribution in [2.45, 2.75) is 50.5 Å². The molecule has 0 heterocycles. The number of rotatable bonds is 6. The third-order valence-corrected chi connectivity index (χ3v) is 5.20. The molecule has 0 amide bonds. The largest absolute Gasteiger partial charge is 0.395 e. The van der Waals surface area contributed by atoms with E-state index in [0.717, 1.165) is 24.8 Å². The van der Waals surface area contributed by atoms with Crippen LogP contribution in [-0.4, -0.2) is 26.2 Å². The summed E-state index contributed by atoms with van der Waals surface area (Å²) >= 11 is 0. The second kappa shape index (κ2) is 6.24. The lowest BCUT2D eigenvalue weighted by Gasteiger charge is -2.18. The number of benzene rings is 1. The summed E-state index contributed by atoms with van der Waals surface area (Å²) in [5.41, 5.74) is 2.39. The van der Waals surface area contributed by atoms with Gasteiger partial charge in [-0.3, -0.25) is 0 Å². The summed E-state index contributed by atoms with van der Waals surface area (Å²) in [7, 11) is -3.55. The minimum absolute atomic E-state index is 0.178. The molecule has 0 fully saturated rings. The maximum atomic E-state index is 12.4. The maximum absolute atomic E-state index is 12.4. The topological polar surface area (TPSA) is 66.4 Å². The zero-order chi connectivity index (χ0) is 14.8. The molecule has 0 saturated carbocycles. The van der Waals surface area contributed by atoms with E-state index in [4.69, 9.17) is 0 Å². The Kier molecular flexibility index (Phi) is 4.83. The molecule has 1 aromatic rings. The molecule has 1 atom stereocenters. The van der Waals surface area contributed by atoms with Crippen molar-refractivity contribution in [1.29, 1.82) is 0 Å². The van der Waals surface area contributed by atoms with Crippen molar-refractivity contribution in [2.24, 2.45) is 5.92 Å². The van der Waals surface area contributed by atoms with E-state index in [1.54, 1.807) is 12.1 Å². The average Bonchev–Trinajstić information content (AvgIpc) is 2.84. The molecule has 0 radical (unpaired) electrons. The summed E-state index contributed by atoms with van der Waals surface area (Å²) < 4.78 is 27.3. The Hall–Kier alpha value is -0.910. The fourth-order valence-corrected chi connectivity index (χ4v) is 4.02. The summed E-state index contributed by atoms with van der Waals surface area (Å²) in [5, 5.41) is 9.31. The van der Waals surface area contributed by atoms with Gasteiger partial charge in [0, 0.05) is 6.04 Å². The van der Waals surface area contributed by atoms with E-state index in [1.807, 2.05) is 19.9 Å². The number of fused-ring (bicyclic) bond motifs is 1. The van der Waals surface area contributed by atoms with Crippen LogP contribution in [0.1, 0.15) is 37.8 Å². The number of nitrogens with one attached hydrogen (secondary N) is 1. The average molecular weight is 297 g/mol. The van der Waals surface area contributed by atoms with Crippen LogP contribution in [0.4, 0.5) is 0 Å². The lowest BCUT2D eigenvalue weighted by atomic mass is 10.1. The number of hydrogen-bond donors (Lipinski definition) is 2. The van der Waals surface area contributed by atoms with E-state index in [-0.39, 0.29) is 6.61 Å². The quantitative estimate of drug-likeness (QED) is 0.842. The van der Waals surface area contributed by atoms with E-state index in [9.17, 15) is 13.5 Å². The minimum Gasteiger partial charge on any atom is -0.395 e. The molecule has 5 heteroatoms. The molecule has 0 aliphatic heterocycles. The molecule has 1 aliphatic rings. The van der Waals surface area contributed by atoms with Crippen molar-refractivity contribution < 1.29 is 13.5 Å². The summed E-state index contributed by atoms with van der Waals surface area (Å²) in [5.74, 6) is 0.329. The Labute approximate surface area is 121 Å². The van der Waals surface area contributed by atoms with Gasteiger partial charge in [-0.05, 0) is 54.9 Å². The van der Waals surface area contributed by atoms with Crippen LogP contribution in [0.15, 0.2) is 23.1 Å². The van der Waals surface area contributed by atoms with E-state index >= 15 is 0 Å². The highest BCUT2D eigenvalue weighted by Gasteiger charge is 2.22. The maximum Gasteiger partial charge on any atom is 0.240 e. The fraction of sp³-hybridized carbons (Fsp3) is 0.600. The summed E-state index contributed by atoms with van der Waals surface area (Å²) in [6.45, 7) is 3.83. The lowest BCUT2D eigenvalue weighted by Crippen LogP contribution is -2.38. The molecule has 4 nitrogen and oxygen atoms in total. The highest BCUT2D eigenvalue weighted by molar-refractivity contribution is 7.89. The molecule has 1 aromatic carbocycles. The summed E-state index contributed by atoms with van der Waals surface area (Å²) in [6.07, 6.45) is 3.71. The summed E-state index contributed by atoms with van der Waals surface area (Å²) in [4.78, 5) is 0.306. The lowest BCUT2D eigenvalue weighted by molar-refractivity contribution is 0.240. The van der Waals surface area contributed by atoms with E-state index in [1.165, 1.54) is 5.56 Å². The van der Waals surface area contributed by atoms with E-state index < -0.39 is 16.1 Å². The second-order valence-electron chi connectivity index (χ2n) is 5.91. The van der Waals surface area contributed by atoms with Crippen LogP contribution < -0.4 is 4.72 Å². The Balaban J connectivity index is 2.17. The van der Waals surface area contributed by atoms with Crippen molar-refractivity contribution in [2.75, 3.05) is 6.61 Å². The standard InChI is InChI=1S/C15H23NO3S/c1-11(2)8-14(10-17)16-20(18,19)15-7-6-12-4-3-5-13(12)9-15/h6-7,9,11,14,16-17H,3-5,8,10H2,1-2H3. The van der Waals surface area contributed by atoms with Crippen LogP contribution in [0, 0.1) is 5.92 Å².